The van der Waals surface area contributed by atoms with Crippen molar-refractivity contribution in [1.29, 1.82) is 0 Å². The Labute approximate surface area is 117 Å². The van der Waals surface area contributed by atoms with Crippen molar-refractivity contribution in [3.63, 3.8) is 0 Å². The summed E-state index contributed by atoms with van der Waals surface area (Å²) in [6, 6.07) is 2.11. The second kappa shape index (κ2) is 4.66. The van der Waals surface area contributed by atoms with Gasteiger partial charge in [-0.05, 0) is 12.5 Å². The van der Waals surface area contributed by atoms with Gasteiger partial charge in [0.2, 0.25) is 0 Å². The molecule has 20 heavy (non-hydrogen) atoms. The molecule has 106 valence electrons. The predicted octanol–water partition coefficient (Wildman–Crippen LogP) is 0.723. The third kappa shape index (κ3) is 1.86. The van der Waals surface area contributed by atoms with E-state index in [9.17, 15) is 4.79 Å². The summed E-state index contributed by atoms with van der Waals surface area (Å²) in [4.78, 5) is 13.7. The van der Waals surface area contributed by atoms with Gasteiger partial charge in [0, 0.05) is 33.9 Å². The second-order valence-corrected chi connectivity index (χ2v) is 5.16. The molecule has 7 heteroatoms. The van der Waals surface area contributed by atoms with Crippen LogP contribution >= 0.6 is 0 Å². The van der Waals surface area contributed by atoms with Gasteiger partial charge in [-0.3, -0.25) is 9.48 Å². The highest BCUT2D eigenvalue weighted by Crippen LogP contribution is 2.31. The fraction of sp³-hybridized carbons (Fsp3) is 0.462. The van der Waals surface area contributed by atoms with Crippen LogP contribution in [0.3, 0.4) is 0 Å². The first kappa shape index (κ1) is 12.7. The molecule has 1 aliphatic heterocycles. The maximum absolute atomic E-state index is 12.2. The maximum Gasteiger partial charge on any atom is 0.258 e. The number of fused-ring (bicyclic) bond motifs is 1. The number of anilines is 1. The van der Waals surface area contributed by atoms with Crippen LogP contribution in [0.25, 0.3) is 0 Å². The Balaban J connectivity index is 2.03. The molecule has 0 aromatic carbocycles. The average Bonchev–Trinajstić information content (AvgIpc) is 3.03. The van der Waals surface area contributed by atoms with Crippen LogP contribution in [0, 0.1) is 0 Å². The Morgan fingerprint density at radius 2 is 2.25 bits per heavy atom. The Morgan fingerprint density at radius 1 is 1.45 bits per heavy atom. The lowest BCUT2D eigenvalue weighted by atomic mass is 10.1. The van der Waals surface area contributed by atoms with E-state index in [-0.39, 0.29) is 11.9 Å². The Bertz CT molecular complexity index is 641. The SMILES string of the molecule is CN(C)C(=O)c1cnn2c1NCCC2c1ccnn1C. The molecule has 0 aliphatic carbocycles. The van der Waals surface area contributed by atoms with Crippen LogP contribution in [0.5, 0.6) is 0 Å². The van der Waals surface area contributed by atoms with Crippen LogP contribution in [0.1, 0.15) is 28.5 Å². The average molecular weight is 274 g/mol. The van der Waals surface area contributed by atoms with Crippen molar-refractivity contribution < 1.29 is 4.79 Å². The van der Waals surface area contributed by atoms with Gasteiger partial charge in [0.25, 0.3) is 5.91 Å². The number of hydrogen-bond acceptors (Lipinski definition) is 4. The summed E-state index contributed by atoms with van der Waals surface area (Å²) >= 11 is 0. The summed E-state index contributed by atoms with van der Waals surface area (Å²) in [5.41, 5.74) is 1.71. The Kier molecular flexibility index (Phi) is 2.96. The monoisotopic (exact) mass is 274 g/mol. The molecule has 1 atom stereocenters. The summed E-state index contributed by atoms with van der Waals surface area (Å²) in [5.74, 6) is 0.755. The molecular formula is C13H18N6O. The van der Waals surface area contributed by atoms with Crippen molar-refractivity contribution in [3.8, 4) is 0 Å². The molecule has 7 nitrogen and oxygen atoms in total. The van der Waals surface area contributed by atoms with E-state index in [2.05, 4.69) is 15.5 Å². The zero-order valence-electron chi connectivity index (χ0n) is 11.9. The Morgan fingerprint density at radius 3 is 2.90 bits per heavy atom. The number of carbonyl (C=O) groups excluding carboxylic acids is 1. The van der Waals surface area contributed by atoms with Crippen molar-refractivity contribution in [1.82, 2.24) is 24.5 Å². The zero-order valence-corrected chi connectivity index (χ0v) is 11.9. The first-order chi connectivity index (χ1) is 9.59. The topological polar surface area (TPSA) is 68.0 Å². The van der Waals surface area contributed by atoms with Gasteiger partial charge in [-0.25, -0.2) is 4.68 Å². The first-order valence-corrected chi connectivity index (χ1v) is 6.60. The summed E-state index contributed by atoms with van der Waals surface area (Å²) in [6.45, 7) is 0.815. The van der Waals surface area contributed by atoms with E-state index in [0.717, 1.165) is 24.5 Å². The van der Waals surface area contributed by atoms with Gasteiger partial charge in [0.15, 0.2) is 0 Å². The van der Waals surface area contributed by atoms with Crippen molar-refractivity contribution in [2.24, 2.45) is 7.05 Å². The number of hydrogen-bond donors (Lipinski definition) is 1. The van der Waals surface area contributed by atoms with Gasteiger partial charge in [0.1, 0.15) is 11.4 Å². The van der Waals surface area contributed by atoms with E-state index < -0.39 is 0 Å². The normalized spacial score (nSPS) is 17.4. The highest BCUT2D eigenvalue weighted by molar-refractivity contribution is 5.98. The molecule has 1 amide bonds. The number of carbonyl (C=O) groups is 1. The van der Waals surface area contributed by atoms with Crippen LogP contribution in [-0.2, 0) is 7.05 Å². The number of rotatable bonds is 2. The molecule has 3 rings (SSSR count). The van der Waals surface area contributed by atoms with Crippen LogP contribution in [0.2, 0.25) is 0 Å². The maximum atomic E-state index is 12.2. The molecular weight excluding hydrogens is 256 g/mol. The summed E-state index contributed by atoms with van der Waals surface area (Å²) < 4.78 is 3.74. The van der Waals surface area contributed by atoms with Crippen molar-refractivity contribution in [2.45, 2.75) is 12.5 Å². The minimum Gasteiger partial charge on any atom is -0.369 e. The number of nitrogens with zero attached hydrogens (tertiary/aromatic N) is 5. The number of nitrogens with one attached hydrogen (secondary N) is 1. The summed E-state index contributed by atoms with van der Waals surface area (Å²) in [7, 11) is 5.41. The standard InChI is InChI=1S/C13H18N6O/c1-17(2)13(20)9-8-16-19-11(4-6-14-12(9)19)10-5-7-15-18(10)3/h5,7-8,11,14H,4,6H2,1-3H3. The molecule has 1 unspecified atom stereocenters. The van der Waals surface area contributed by atoms with Crippen LogP contribution in [-0.4, -0.2) is 51.0 Å². The first-order valence-electron chi connectivity index (χ1n) is 6.60. The van der Waals surface area contributed by atoms with Crippen molar-refractivity contribution in [3.05, 3.63) is 29.7 Å². The van der Waals surface area contributed by atoms with Crippen molar-refractivity contribution >= 4 is 11.7 Å². The lowest BCUT2D eigenvalue weighted by Crippen LogP contribution is -2.28. The molecule has 2 aromatic heterocycles. The molecule has 1 aliphatic rings. The number of aromatic nitrogens is 4. The molecule has 0 saturated carbocycles. The highest BCUT2D eigenvalue weighted by atomic mass is 16.2. The predicted molar refractivity (Wildman–Crippen MR) is 74.7 cm³/mol. The van der Waals surface area contributed by atoms with Gasteiger partial charge in [-0.15, -0.1) is 0 Å². The smallest absolute Gasteiger partial charge is 0.258 e. The minimum atomic E-state index is -0.0376. The molecule has 0 spiro atoms. The van der Waals surface area contributed by atoms with Gasteiger partial charge >= 0.3 is 0 Å². The van der Waals surface area contributed by atoms with E-state index in [4.69, 9.17) is 0 Å². The van der Waals surface area contributed by atoms with E-state index in [1.54, 1.807) is 31.4 Å². The van der Waals surface area contributed by atoms with Crippen LogP contribution < -0.4 is 5.32 Å². The van der Waals surface area contributed by atoms with Gasteiger partial charge in [0.05, 0.1) is 17.9 Å². The molecule has 2 aromatic rings. The van der Waals surface area contributed by atoms with Gasteiger partial charge in [-0.2, -0.15) is 10.2 Å². The Hall–Kier alpha value is -2.31. The van der Waals surface area contributed by atoms with Crippen LogP contribution in [0.15, 0.2) is 18.5 Å². The highest BCUT2D eigenvalue weighted by Gasteiger charge is 2.28. The molecule has 0 radical (unpaired) electrons. The van der Waals surface area contributed by atoms with E-state index in [0.29, 0.717) is 5.56 Å². The third-order valence-corrected chi connectivity index (χ3v) is 3.64. The van der Waals surface area contributed by atoms with E-state index in [1.165, 1.54) is 0 Å². The van der Waals surface area contributed by atoms with Gasteiger partial charge in [-0.1, -0.05) is 0 Å². The molecule has 0 fully saturated rings. The van der Waals surface area contributed by atoms with E-state index >= 15 is 0 Å². The molecule has 3 heterocycles. The minimum absolute atomic E-state index is 0.0376. The quantitative estimate of drug-likeness (QED) is 0.876. The fourth-order valence-electron chi connectivity index (χ4n) is 2.61. The lowest BCUT2D eigenvalue weighted by Gasteiger charge is -2.26. The van der Waals surface area contributed by atoms with Crippen LogP contribution in [0.4, 0.5) is 5.82 Å². The molecule has 0 saturated heterocycles. The summed E-state index contributed by atoms with van der Waals surface area (Å²) in [5, 5.41) is 11.9. The molecule has 0 bridgehead atoms. The lowest BCUT2D eigenvalue weighted by molar-refractivity contribution is 0.0828. The van der Waals surface area contributed by atoms with Gasteiger partial charge < -0.3 is 10.2 Å². The second-order valence-electron chi connectivity index (χ2n) is 5.16. The largest absolute Gasteiger partial charge is 0.369 e. The molecule has 1 N–H and O–H groups in total. The van der Waals surface area contributed by atoms with Crippen molar-refractivity contribution in [2.75, 3.05) is 26.0 Å². The van der Waals surface area contributed by atoms with E-state index in [1.807, 2.05) is 22.5 Å². The number of aryl methyl sites for hydroxylation is 1. The fourth-order valence-corrected chi connectivity index (χ4v) is 2.61. The zero-order chi connectivity index (χ0) is 14.3. The number of amides is 1. The third-order valence-electron chi connectivity index (χ3n) is 3.64. The summed E-state index contributed by atoms with van der Waals surface area (Å²) in [6.07, 6.45) is 4.34.